The Bertz CT molecular complexity index is 1130. The zero-order chi connectivity index (χ0) is 29.8. The molecule has 43 heavy (non-hydrogen) atoms. The molecule has 1 saturated carbocycles. The molecule has 3 saturated heterocycles. The van der Waals surface area contributed by atoms with E-state index in [1.807, 2.05) is 28.0 Å². The van der Waals surface area contributed by atoms with Crippen molar-refractivity contribution in [3.8, 4) is 0 Å². The number of benzene rings is 1. The molecule has 4 N–H and O–H groups in total. The van der Waals surface area contributed by atoms with Gasteiger partial charge in [-0.2, -0.15) is 0 Å². The first kappa shape index (κ1) is 30.5. The van der Waals surface area contributed by atoms with Gasteiger partial charge in [0.1, 0.15) is 6.04 Å². The number of urea groups is 1. The van der Waals surface area contributed by atoms with Crippen molar-refractivity contribution in [3.63, 3.8) is 0 Å². The molecule has 4 aliphatic heterocycles. The van der Waals surface area contributed by atoms with Gasteiger partial charge < -0.3 is 25.5 Å². The zero-order valence-corrected chi connectivity index (χ0v) is 25.6. The molecule has 1 atom stereocenters. The first-order chi connectivity index (χ1) is 20.9. The summed E-state index contributed by atoms with van der Waals surface area (Å²) < 4.78 is 0.523. The van der Waals surface area contributed by atoms with Gasteiger partial charge in [0.05, 0.1) is 31.7 Å². The van der Waals surface area contributed by atoms with Crippen molar-refractivity contribution in [2.75, 3.05) is 44.6 Å². The second-order valence-electron chi connectivity index (χ2n) is 13.6. The SMILES string of the molecule is O=C(CC(NC1CCC(O)CC1)C(=O)[N+]1(C2CCNCC2)CCCCC1)N1CCC(N2Cc3ccccc3NC2=O)CC1. The van der Waals surface area contributed by atoms with Gasteiger partial charge in [0.25, 0.3) is 0 Å². The topological polar surface area (TPSA) is 114 Å². The molecule has 0 aromatic heterocycles. The average Bonchev–Trinajstić information content (AvgIpc) is 3.05. The lowest BCUT2D eigenvalue weighted by atomic mass is 9.90. The number of piperidine rings is 3. The largest absolute Gasteiger partial charge is 0.393 e. The second-order valence-corrected chi connectivity index (χ2v) is 13.6. The van der Waals surface area contributed by atoms with Crippen LogP contribution in [-0.4, -0.2) is 107 Å². The van der Waals surface area contributed by atoms with Crippen molar-refractivity contribution in [2.24, 2.45) is 0 Å². The van der Waals surface area contributed by atoms with Crippen LogP contribution in [0.15, 0.2) is 24.3 Å². The molecule has 4 amide bonds. The standard InChI is InChI=1S/C33H50N6O4/c40-28-10-8-25(9-11-28)35-30(32(42)39(20-4-1-5-21-39)27-12-16-34-17-13-27)22-31(41)37-18-14-26(15-19-37)38-23-24-6-2-3-7-29(24)36-33(38)43/h2-3,6-7,25-28,30,34-35,40H,1,4-5,8-23H2/p+1. The number of nitrogens with zero attached hydrogens (tertiary/aromatic N) is 3. The van der Waals surface area contributed by atoms with Gasteiger partial charge in [-0.25, -0.2) is 9.59 Å². The van der Waals surface area contributed by atoms with Crippen LogP contribution < -0.4 is 16.0 Å². The maximum Gasteiger partial charge on any atom is 0.331 e. The summed E-state index contributed by atoms with van der Waals surface area (Å²) in [5, 5.41) is 20.3. The predicted octanol–water partition coefficient (Wildman–Crippen LogP) is 2.96. The van der Waals surface area contributed by atoms with Crippen LogP contribution in [0.25, 0.3) is 0 Å². The van der Waals surface area contributed by atoms with Crippen LogP contribution in [0.4, 0.5) is 10.5 Å². The summed E-state index contributed by atoms with van der Waals surface area (Å²) in [6.07, 6.45) is 9.85. The summed E-state index contributed by atoms with van der Waals surface area (Å²) in [6.45, 7) is 5.45. The number of carbonyl (C=O) groups excluding carboxylic acids is 3. The highest BCUT2D eigenvalue weighted by molar-refractivity contribution is 5.92. The molecule has 6 rings (SSSR count). The number of hydrogen-bond acceptors (Lipinski definition) is 6. The molecular formula is C33H51N6O4+. The molecule has 10 heteroatoms. The first-order valence-electron chi connectivity index (χ1n) is 16.9. The van der Waals surface area contributed by atoms with Crippen molar-refractivity contribution in [1.29, 1.82) is 0 Å². The maximum atomic E-state index is 14.7. The van der Waals surface area contributed by atoms with E-state index in [1.54, 1.807) is 0 Å². The number of aliphatic hydroxyl groups is 1. The number of nitrogens with one attached hydrogen (secondary N) is 3. The summed E-state index contributed by atoms with van der Waals surface area (Å²) in [6, 6.07) is 7.90. The number of likely N-dealkylation sites (tertiary alicyclic amines) is 2. The van der Waals surface area contributed by atoms with Crippen LogP contribution in [0.3, 0.4) is 0 Å². The van der Waals surface area contributed by atoms with Crippen LogP contribution in [0.5, 0.6) is 0 Å². The Hall–Kier alpha value is -2.53. The fourth-order valence-corrected chi connectivity index (χ4v) is 8.45. The molecule has 10 nitrogen and oxygen atoms in total. The molecule has 1 aromatic rings. The third-order valence-electron chi connectivity index (χ3n) is 11.0. The Kier molecular flexibility index (Phi) is 9.66. The van der Waals surface area contributed by atoms with E-state index in [0.717, 1.165) is 102 Å². The number of carbonyl (C=O) groups is 3. The molecule has 1 aromatic carbocycles. The lowest BCUT2D eigenvalue weighted by Crippen LogP contribution is -2.68. The van der Waals surface area contributed by atoms with Crippen molar-refractivity contribution in [3.05, 3.63) is 29.8 Å². The Morgan fingerprint density at radius 1 is 0.953 bits per heavy atom. The van der Waals surface area contributed by atoms with E-state index in [-0.39, 0.29) is 42.5 Å². The summed E-state index contributed by atoms with van der Waals surface area (Å²) in [5.41, 5.74) is 2.00. The van der Waals surface area contributed by atoms with Gasteiger partial charge in [-0.3, -0.25) is 14.6 Å². The number of amides is 4. The molecule has 0 spiro atoms. The smallest absolute Gasteiger partial charge is 0.331 e. The van der Waals surface area contributed by atoms with E-state index in [0.29, 0.717) is 30.2 Å². The number of aliphatic hydroxyl groups excluding tert-OH is 1. The van der Waals surface area contributed by atoms with Gasteiger partial charge >= 0.3 is 11.9 Å². The zero-order valence-electron chi connectivity index (χ0n) is 25.6. The van der Waals surface area contributed by atoms with Gasteiger partial charge in [-0.05, 0) is 69.4 Å². The molecule has 5 aliphatic rings. The van der Waals surface area contributed by atoms with E-state index in [9.17, 15) is 19.5 Å². The molecule has 1 unspecified atom stereocenters. The van der Waals surface area contributed by atoms with Gasteiger partial charge in [-0.1, -0.05) is 18.2 Å². The Morgan fingerprint density at radius 3 is 2.37 bits per heavy atom. The van der Waals surface area contributed by atoms with Gasteiger partial charge in [0.15, 0.2) is 0 Å². The molecule has 4 fully saturated rings. The molecule has 0 bridgehead atoms. The number of fused-ring (bicyclic) bond motifs is 1. The van der Waals surface area contributed by atoms with E-state index in [2.05, 4.69) is 22.0 Å². The second kappa shape index (κ2) is 13.6. The third-order valence-corrected chi connectivity index (χ3v) is 11.0. The number of para-hydroxylation sites is 1. The third kappa shape index (κ3) is 6.77. The lowest BCUT2D eigenvalue weighted by molar-refractivity contribution is -0.886. The van der Waals surface area contributed by atoms with Gasteiger partial charge in [0, 0.05) is 63.3 Å². The molecule has 4 heterocycles. The first-order valence-corrected chi connectivity index (χ1v) is 16.9. The highest BCUT2D eigenvalue weighted by atomic mass is 16.3. The highest BCUT2D eigenvalue weighted by Crippen LogP contribution is 2.32. The number of anilines is 1. The lowest BCUT2D eigenvalue weighted by Gasteiger charge is -2.48. The van der Waals surface area contributed by atoms with Crippen LogP contribution in [-0.2, 0) is 16.1 Å². The monoisotopic (exact) mass is 595 g/mol. The number of rotatable bonds is 7. The normalized spacial score (nSPS) is 27.7. The average molecular weight is 596 g/mol. The summed E-state index contributed by atoms with van der Waals surface area (Å²) in [5.74, 6) is 0.249. The maximum absolute atomic E-state index is 14.7. The fourth-order valence-electron chi connectivity index (χ4n) is 8.45. The summed E-state index contributed by atoms with van der Waals surface area (Å²) in [4.78, 5) is 45.3. The van der Waals surface area contributed by atoms with Crippen LogP contribution in [0.2, 0.25) is 0 Å². The van der Waals surface area contributed by atoms with Gasteiger partial charge in [-0.15, -0.1) is 0 Å². The quantitative estimate of drug-likeness (QED) is 0.361. The van der Waals surface area contributed by atoms with Crippen molar-refractivity contribution in [1.82, 2.24) is 20.4 Å². The Balaban J connectivity index is 1.13. The van der Waals surface area contributed by atoms with Crippen molar-refractivity contribution < 1.29 is 24.0 Å². The molecule has 0 radical (unpaired) electrons. The van der Waals surface area contributed by atoms with Crippen LogP contribution >= 0.6 is 0 Å². The predicted molar refractivity (Wildman–Crippen MR) is 165 cm³/mol. The van der Waals surface area contributed by atoms with Crippen molar-refractivity contribution >= 4 is 23.5 Å². The van der Waals surface area contributed by atoms with Crippen molar-refractivity contribution in [2.45, 2.75) is 114 Å². The fraction of sp³-hybridized carbons (Fsp3) is 0.727. The van der Waals surface area contributed by atoms with Crippen LogP contribution in [0.1, 0.15) is 82.6 Å². The van der Waals surface area contributed by atoms with Crippen LogP contribution in [0, 0.1) is 0 Å². The summed E-state index contributed by atoms with van der Waals surface area (Å²) in [7, 11) is 0. The minimum Gasteiger partial charge on any atom is -0.393 e. The highest BCUT2D eigenvalue weighted by Gasteiger charge is 2.49. The molecule has 1 aliphatic carbocycles. The minimum absolute atomic E-state index is 0.0362. The van der Waals surface area contributed by atoms with E-state index in [1.165, 1.54) is 6.42 Å². The van der Waals surface area contributed by atoms with E-state index >= 15 is 0 Å². The molecular weight excluding hydrogens is 544 g/mol. The molecule has 236 valence electrons. The Morgan fingerprint density at radius 2 is 1.65 bits per heavy atom. The van der Waals surface area contributed by atoms with Gasteiger partial charge in [0.2, 0.25) is 5.91 Å². The summed E-state index contributed by atoms with van der Waals surface area (Å²) >= 11 is 0. The number of hydrogen-bond donors (Lipinski definition) is 4. The van der Waals surface area contributed by atoms with E-state index in [4.69, 9.17) is 0 Å². The Labute approximate surface area is 256 Å². The van der Waals surface area contributed by atoms with E-state index < -0.39 is 6.04 Å². The minimum atomic E-state index is -0.511. The number of quaternary nitrogens is 1.